The van der Waals surface area contributed by atoms with Crippen LogP contribution in [0.15, 0.2) is 36.4 Å². The Bertz CT molecular complexity index is 772. The molecule has 0 spiro atoms. The number of hydrogen-bond donors (Lipinski definition) is 1. The topological polar surface area (TPSA) is 64.6 Å². The van der Waals surface area contributed by atoms with Crippen molar-refractivity contribution in [1.82, 2.24) is 0 Å². The number of carbonyl (C=O) groups is 2. The number of nitrogens with one attached hydrogen (secondary N) is 1. The van der Waals surface area contributed by atoms with Crippen molar-refractivity contribution < 1.29 is 19.1 Å². The molecule has 5 nitrogen and oxygen atoms in total. The molecule has 25 heavy (non-hydrogen) atoms. The third-order valence-electron chi connectivity index (χ3n) is 3.70. The first kappa shape index (κ1) is 18.8. The maximum atomic E-state index is 12.2. The second kappa shape index (κ2) is 8.53. The summed E-state index contributed by atoms with van der Waals surface area (Å²) in [5.41, 5.74) is 2.12. The number of amides is 1. The van der Waals surface area contributed by atoms with E-state index in [2.05, 4.69) is 5.32 Å². The quantitative estimate of drug-likeness (QED) is 0.748. The molecule has 2 aromatic carbocycles. The second-order valence-corrected chi connectivity index (χ2v) is 5.93. The fourth-order valence-electron chi connectivity index (χ4n) is 2.28. The monoisotopic (exact) mass is 361 g/mol. The molecule has 0 aliphatic carbocycles. The molecule has 0 saturated heterocycles. The number of benzene rings is 2. The smallest absolute Gasteiger partial charge is 0.224 e. The molecule has 0 atom stereocenters. The van der Waals surface area contributed by atoms with Gasteiger partial charge in [-0.2, -0.15) is 0 Å². The summed E-state index contributed by atoms with van der Waals surface area (Å²) in [6.45, 7) is 1.95. The van der Waals surface area contributed by atoms with Gasteiger partial charge < -0.3 is 14.8 Å². The van der Waals surface area contributed by atoms with Gasteiger partial charge in [-0.3, -0.25) is 9.59 Å². The average Bonchev–Trinajstić information content (AvgIpc) is 2.61. The minimum Gasteiger partial charge on any atom is -0.495 e. The molecule has 1 amide bonds. The number of aryl methyl sites for hydroxylation is 1. The van der Waals surface area contributed by atoms with Gasteiger partial charge in [0.25, 0.3) is 0 Å². The Morgan fingerprint density at radius 1 is 1.00 bits per heavy atom. The van der Waals surface area contributed by atoms with Crippen LogP contribution in [0, 0.1) is 6.92 Å². The molecule has 0 aliphatic rings. The Morgan fingerprint density at radius 3 is 2.24 bits per heavy atom. The molecular weight excluding hydrogens is 342 g/mol. The first-order valence-corrected chi connectivity index (χ1v) is 8.13. The average molecular weight is 362 g/mol. The van der Waals surface area contributed by atoms with Crippen LogP contribution in [0.3, 0.4) is 0 Å². The van der Waals surface area contributed by atoms with Crippen molar-refractivity contribution in [2.75, 3.05) is 19.5 Å². The Balaban J connectivity index is 2.00. The summed E-state index contributed by atoms with van der Waals surface area (Å²) in [5, 5.41) is 3.11. The Hall–Kier alpha value is -2.53. The summed E-state index contributed by atoms with van der Waals surface area (Å²) in [4.78, 5) is 24.3. The highest BCUT2D eigenvalue weighted by Gasteiger charge is 2.14. The van der Waals surface area contributed by atoms with Crippen molar-refractivity contribution in [2.24, 2.45) is 0 Å². The summed E-state index contributed by atoms with van der Waals surface area (Å²) >= 11 is 6.04. The van der Waals surface area contributed by atoms with Crippen molar-refractivity contribution in [2.45, 2.75) is 19.8 Å². The highest BCUT2D eigenvalue weighted by atomic mass is 35.5. The van der Waals surface area contributed by atoms with Crippen LogP contribution in [-0.2, 0) is 4.79 Å². The van der Waals surface area contributed by atoms with Gasteiger partial charge in [0, 0.05) is 30.5 Å². The van der Waals surface area contributed by atoms with E-state index in [-0.39, 0.29) is 24.5 Å². The van der Waals surface area contributed by atoms with Gasteiger partial charge >= 0.3 is 0 Å². The molecule has 2 rings (SSSR count). The number of rotatable bonds is 7. The number of halogens is 1. The van der Waals surface area contributed by atoms with Gasteiger partial charge in [0.05, 0.1) is 24.9 Å². The van der Waals surface area contributed by atoms with Crippen LogP contribution in [0.5, 0.6) is 11.5 Å². The third kappa shape index (κ3) is 4.97. The zero-order valence-corrected chi connectivity index (χ0v) is 15.1. The molecule has 132 valence electrons. The van der Waals surface area contributed by atoms with Crippen molar-refractivity contribution in [1.29, 1.82) is 0 Å². The van der Waals surface area contributed by atoms with Crippen LogP contribution >= 0.6 is 11.6 Å². The van der Waals surface area contributed by atoms with Gasteiger partial charge in [-0.05, 0) is 6.92 Å². The maximum Gasteiger partial charge on any atom is 0.224 e. The lowest BCUT2D eigenvalue weighted by atomic mass is 10.0. The lowest BCUT2D eigenvalue weighted by Gasteiger charge is -2.13. The van der Waals surface area contributed by atoms with Gasteiger partial charge in [0.2, 0.25) is 5.91 Å². The van der Waals surface area contributed by atoms with Crippen molar-refractivity contribution in [3.05, 3.63) is 52.5 Å². The molecule has 0 bridgehead atoms. The molecular formula is C19H20ClNO4. The van der Waals surface area contributed by atoms with E-state index in [0.29, 0.717) is 27.8 Å². The van der Waals surface area contributed by atoms with E-state index in [0.717, 1.165) is 5.56 Å². The van der Waals surface area contributed by atoms with Gasteiger partial charge in [-0.25, -0.2) is 0 Å². The van der Waals surface area contributed by atoms with E-state index >= 15 is 0 Å². The third-order valence-corrected chi connectivity index (χ3v) is 4.00. The van der Waals surface area contributed by atoms with Crippen molar-refractivity contribution in [3.63, 3.8) is 0 Å². The summed E-state index contributed by atoms with van der Waals surface area (Å²) in [5.74, 6) is 0.483. The first-order chi connectivity index (χ1) is 11.9. The number of carbonyl (C=O) groups excluding carboxylic acids is 2. The molecule has 0 heterocycles. The van der Waals surface area contributed by atoms with Crippen LogP contribution < -0.4 is 14.8 Å². The van der Waals surface area contributed by atoms with E-state index in [1.54, 1.807) is 24.3 Å². The highest BCUT2D eigenvalue weighted by molar-refractivity contribution is 6.32. The number of ketones is 1. The van der Waals surface area contributed by atoms with Crippen LogP contribution in [0.4, 0.5) is 5.69 Å². The van der Waals surface area contributed by atoms with Gasteiger partial charge in [-0.1, -0.05) is 41.4 Å². The standard InChI is InChI=1S/C19H20ClNO4/c1-12-4-6-13(7-5-12)16(22)8-9-19(23)21-15-11-17(24-2)14(20)10-18(15)25-3/h4-7,10-11H,8-9H2,1-3H3,(H,21,23). The van der Waals surface area contributed by atoms with E-state index in [1.165, 1.54) is 14.2 Å². The van der Waals surface area contributed by atoms with E-state index in [9.17, 15) is 9.59 Å². The van der Waals surface area contributed by atoms with Crippen LogP contribution in [0.1, 0.15) is 28.8 Å². The molecule has 6 heteroatoms. The zero-order chi connectivity index (χ0) is 18.4. The van der Waals surface area contributed by atoms with Crippen molar-refractivity contribution >= 4 is 29.0 Å². The van der Waals surface area contributed by atoms with Gasteiger partial charge in [0.15, 0.2) is 5.78 Å². The number of methoxy groups -OCH3 is 2. The molecule has 2 aromatic rings. The largest absolute Gasteiger partial charge is 0.495 e. The SMILES string of the molecule is COc1cc(NC(=O)CCC(=O)c2ccc(C)cc2)c(OC)cc1Cl. The molecule has 1 N–H and O–H groups in total. The van der Waals surface area contributed by atoms with Crippen LogP contribution in [0.25, 0.3) is 0 Å². The lowest BCUT2D eigenvalue weighted by molar-refractivity contribution is -0.116. The minimum absolute atomic E-state index is 0.0702. The van der Waals surface area contributed by atoms with E-state index in [4.69, 9.17) is 21.1 Å². The molecule has 0 fully saturated rings. The Kier molecular flexibility index (Phi) is 6.42. The molecule has 0 saturated carbocycles. The minimum atomic E-state index is -0.289. The Labute approximate surface area is 151 Å². The zero-order valence-electron chi connectivity index (χ0n) is 14.4. The summed E-state index contributed by atoms with van der Waals surface area (Å²) in [7, 11) is 2.97. The number of Topliss-reactive ketones (excluding diaryl/α,β-unsaturated/α-hetero) is 1. The summed E-state index contributed by atoms with van der Waals surface area (Å²) < 4.78 is 10.4. The van der Waals surface area contributed by atoms with Gasteiger partial charge in [0.1, 0.15) is 11.5 Å². The van der Waals surface area contributed by atoms with Crippen molar-refractivity contribution in [3.8, 4) is 11.5 Å². The van der Waals surface area contributed by atoms with Crippen LogP contribution in [0.2, 0.25) is 5.02 Å². The van der Waals surface area contributed by atoms with E-state index in [1.807, 2.05) is 19.1 Å². The molecule has 0 radical (unpaired) electrons. The number of ether oxygens (including phenoxy) is 2. The predicted molar refractivity (Wildman–Crippen MR) is 97.9 cm³/mol. The normalized spacial score (nSPS) is 10.2. The fourth-order valence-corrected chi connectivity index (χ4v) is 2.51. The fraction of sp³-hybridized carbons (Fsp3) is 0.263. The lowest BCUT2D eigenvalue weighted by Crippen LogP contribution is -2.14. The number of anilines is 1. The highest BCUT2D eigenvalue weighted by Crippen LogP contribution is 2.35. The van der Waals surface area contributed by atoms with E-state index < -0.39 is 0 Å². The maximum absolute atomic E-state index is 12.2. The second-order valence-electron chi connectivity index (χ2n) is 5.52. The Morgan fingerprint density at radius 2 is 1.64 bits per heavy atom. The molecule has 0 aliphatic heterocycles. The predicted octanol–water partition coefficient (Wildman–Crippen LogP) is 4.27. The molecule has 0 unspecified atom stereocenters. The molecule has 0 aromatic heterocycles. The van der Waals surface area contributed by atoms with Gasteiger partial charge in [-0.15, -0.1) is 0 Å². The van der Waals surface area contributed by atoms with Crippen LogP contribution in [-0.4, -0.2) is 25.9 Å². The summed E-state index contributed by atoms with van der Waals surface area (Å²) in [6, 6.07) is 10.4. The summed E-state index contributed by atoms with van der Waals surface area (Å²) in [6.07, 6.45) is 0.197. The number of hydrogen-bond acceptors (Lipinski definition) is 4. The first-order valence-electron chi connectivity index (χ1n) is 7.76.